The van der Waals surface area contributed by atoms with Gasteiger partial charge in [0.1, 0.15) is 12.4 Å². The highest BCUT2D eigenvalue weighted by Crippen LogP contribution is 2.31. The summed E-state index contributed by atoms with van der Waals surface area (Å²) in [5.74, 6) is 0.910. The lowest BCUT2D eigenvalue weighted by Crippen LogP contribution is -2.47. The number of hydrogen-bond acceptors (Lipinski definition) is 4. The second-order valence-electron chi connectivity index (χ2n) is 8.18. The Morgan fingerprint density at radius 3 is 2.50 bits per heavy atom. The number of nitrogens with one attached hydrogen (secondary N) is 2. The molecule has 30 heavy (non-hydrogen) atoms. The molecule has 1 aliphatic heterocycles. The molecule has 3 aromatic rings. The molecule has 160 valence electrons. The van der Waals surface area contributed by atoms with E-state index in [1.165, 1.54) is 43.4 Å². The minimum Gasteiger partial charge on any atom is -0.490 e. The number of ether oxygens (including phenoxy) is 1. The summed E-state index contributed by atoms with van der Waals surface area (Å²) in [6.45, 7) is 12.0. The number of para-hydroxylation sites is 2. The summed E-state index contributed by atoms with van der Waals surface area (Å²) < 4.78 is 6.19. The molecule has 0 saturated carbocycles. The molecule has 5 heteroatoms. The number of benzene rings is 2. The van der Waals surface area contributed by atoms with Crippen LogP contribution in [0.15, 0.2) is 48.7 Å². The van der Waals surface area contributed by atoms with E-state index in [-0.39, 0.29) is 0 Å². The zero-order chi connectivity index (χ0) is 20.8. The van der Waals surface area contributed by atoms with E-state index >= 15 is 0 Å². The van der Waals surface area contributed by atoms with Gasteiger partial charge in [-0.15, -0.1) is 0 Å². The largest absolute Gasteiger partial charge is 0.490 e. The van der Waals surface area contributed by atoms with Crippen molar-refractivity contribution in [3.05, 3.63) is 54.2 Å². The van der Waals surface area contributed by atoms with Crippen LogP contribution in [0.1, 0.15) is 25.3 Å². The van der Waals surface area contributed by atoms with Gasteiger partial charge in [0.15, 0.2) is 0 Å². The van der Waals surface area contributed by atoms with Gasteiger partial charge in [-0.1, -0.05) is 25.5 Å². The molecule has 0 aliphatic carbocycles. The fourth-order valence-electron chi connectivity index (χ4n) is 4.16. The van der Waals surface area contributed by atoms with Gasteiger partial charge in [-0.25, -0.2) is 0 Å². The number of piperazine rings is 1. The molecular weight excluding hydrogens is 372 g/mol. The van der Waals surface area contributed by atoms with Gasteiger partial charge >= 0.3 is 0 Å². The molecule has 1 aliphatic rings. The van der Waals surface area contributed by atoms with E-state index in [1.807, 2.05) is 12.3 Å². The minimum absolute atomic E-state index is 0.712. The van der Waals surface area contributed by atoms with Gasteiger partial charge in [-0.2, -0.15) is 0 Å². The van der Waals surface area contributed by atoms with Gasteiger partial charge in [-0.3, -0.25) is 4.90 Å². The lowest BCUT2D eigenvalue weighted by Gasteiger charge is -2.34. The van der Waals surface area contributed by atoms with Crippen LogP contribution >= 0.6 is 0 Å². The molecule has 2 N–H and O–H groups in total. The number of aromatic nitrogens is 1. The van der Waals surface area contributed by atoms with Gasteiger partial charge in [0, 0.05) is 55.5 Å². The smallest absolute Gasteiger partial charge is 0.142 e. The van der Waals surface area contributed by atoms with Gasteiger partial charge in [0.05, 0.1) is 5.69 Å². The third kappa shape index (κ3) is 4.97. The van der Waals surface area contributed by atoms with Crippen molar-refractivity contribution in [1.82, 2.24) is 14.8 Å². The predicted molar refractivity (Wildman–Crippen MR) is 126 cm³/mol. The summed E-state index contributed by atoms with van der Waals surface area (Å²) >= 11 is 0. The first-order valence-electron chi connectivity index (χ1n) is 11.2. The maximum atomic E-state index is 6.19. The Morgan fingerprint density at radius 2 is 1.70 bits per heavy atom. The zero-order valence-corrected chi connectivity index (χ0v) is 18.3. The SMILES string of the molecule is CCCCN1CCN(CCOc2ccccc2Nc2ccc3[nH]ccc3c2C)CC1. The number of aryl methyl sites for hydroxylation is 1. The maximum absolute atomic E-state index is 6.19. The highest BCUT2D eigenvalue weighted by molar-refractivity contribution is 5.89. The highest BCUT2D eigenvalue weighted by atomic mass is 16.5. The van der Waals surface area contributed by atoms with E-state index in [0.717, 1.165) is 42.3 Å². The summed E-state index contributed by atoms with van der Waals surface area (Å²) in [6, 6.07) is 14.6. The lowest BCUT2D eigenvalue weighted by atomic mass is 10.1. The van der Waals surface area contributed by atoms with Gasteiger partial charge in [-0.05, 0) is 55.8 Å². The average Bonchev–Trinajstić information content (AvgIpc) is 3.26. The Morgan fingerprint density at radius 1 is 0.933 bits per heavy atom. The second kappa shape index (κ2) is 10.0. The second-order valence-corrected chi connectivity index (χ2v) is 8.18. The molecular formula is C25H34N4O. The molecule has 5 nitrogen and oxygen atoms in total. The molecule has 4 rings (SSSR count). The third-order valence-corrected chi connectivity index (χ3v) is 6.12. The van der Waals surface area contributed by atoms with E-state index in [0.29, 0.717) is 6.61 Å². The number of H-pyrrole nitrogens is 1. The van der Waals surface area contributed by atoms with Gasteiger partial charge < -0.3 is 19.9 Å². The number of nitrogens with zero attached hydrogens (tertiary/aromatic N) is 2. The van der Waals surface area contributed by atoms with E-state index in [4.69, 9.17) is 4.74 Å². The first-order valence-corrected chi connectivity index (χ1v) is 11.2. The van der Waals surface area contributed by atoms with Crippen molar-refractivity contribution in [1.29, 1.82) is 0 Å². The van der Waals surface area contributed by atoms with Crippen molar-refractivity contribution in [3.63, 3.8) is 0 Å². The number of hydrogen-bond donors (Lipinski definition) is 2. The van der Waals surface area contributed by atoms with Crippen LogP contribution in [0, 0.1) is 6.92 Å². The Hall–Kier alpha value is -2.50. The summed E-state index contributed by atoms with van der Waals surface area (Å²) in [7, 11) is 0. The van der Waals surface area contributed by atoms with Gasteiger partial charge in [0.25, 0.3) is 0 Å². The van der Waals surface area contributed by atoms with E-state index < -0.39 is 0 Å². The molecule has 1 fully saturated rings. The van der Waals surface area contributed by atoms with Crippen LogP contribution in [-0.4, -0.2) is 60.7 Å². The summed E-state index contributed by atoms with van der Waals surface area (Å²) in [5.41, 5.74) is 4.53. The molecule has 0 amide bonds. The molecule has 2 aromatic carbocycles. The van der Waals surface area contributed by atoms with Crippen molar-refractivity contribution in [2.45, 2.75) is 26.7 Å². The molecule has 1 saturated heterocycles. The van der Waals surface area contributed by atoms with Crippen LogP contribution in [0.25, 0.3) is 10.9 Å². The first-order chi connectivity index (χ1) is 14.7. The molecule has 0 spiro atoms. The summed E-state index contributed by atoms with van der Waals surface area (Å²) in [6.07, 6.45) is 4.57. The number of unbranched alkanes of at least 4 members (excludes halogenated alkanes) is 1. The maximum Gasteiger partial charge on any atom is 0.142 e. The van der Waals surface area contributed by atoms with Crippen LogP contribution in [-0.2, 0) is 0 Å². The fourth-order valence-corrected chi connectivity index (χ4v) is 4.16. The zero-order valence-electron chi connectivity index (χ0n) is 18.3. The van der Waals surface area contributed by atoms with Crippen molar-refractivity contribution in [3.8, 4) is 5.75 Å². The molecule has 2 heterocycles. The van der Waals surface area contributed by atoms with Crippen LogP contribution in [0.5, 0.6) is 5.75 Å². The molecule has 0 bridgehead atoms. The molecule has 0 radical (unpaired) electrons. The predicted octanol–water partition coefficient (Wildman–Crippen LogP) is 5.02. The van der Waals surface area contributed by atoms with Gasteiger partial charge in [0.2, 0.25) is 0 Å². The standard InChI is InChI=1S/C25H34N4O/c1-3-4-13-28-14-16-29(17-15-28)18-19-30-25-8-6-5-7-24(25)27-22-9-10-23-21(20(22)2)11-12-26-23/h5-12,26-27H,3-4,13-19H2,1-2H3. The van der Waals surface area contributed by atoms with Crippen LogP contribution in [0.3, 0.4) is 0 Å². The number of aromatic amines is 1. The Balaban J connectivity index is 1.32. The topological polar surface area (TPSA) is 43.5 Å². The van der Waals surface area contributed by atoms with Crippen molar-refractivity contribution >= 4 is 22.3 Å². The van der Waals surface area contributed by atoms with Crippen molar-refractivity contribution < 1.29 is 4.74 Å². The van der Waals surface area contributed by atoms with Crippen LogP contribution in [0.4, 0.5) is 11.4 Å². The summed E-state index contributed by atoms with van der Waals surface area (Å²) in [4.78, 5) is 8.38. The number of rotatable bonds is 9. The van der Waals surface area contributed by atoms with Crippen molar-refractivity contribution in [2.75, 3.05) is 51.2 Å². The molecule has 0 unspecified atom stereocenters. The third-order valence-electron chi connectivity index (χ3n) is 6.12. The Bertz CT molecular complexity index is 943. The quantitative estimate of drug-likeness (QED) is 0.524. The highest BCUT2D eigenvalue weighted by Gasteiger charge is 2.16. The summed E-state index contributed by atoms with van der Waals surface area (Å²) in [5, 5.41) is 4.82. The monoisotopic (exact) mass is 406 g/mol. The minimum atomic E-state index is 0.712. The molecule has 0 atom stereocenters. The normalized spacial score (nSPS) is 15.5. The fraction of sp³-hybridized carbons (Fsp3) is 0.440. The Kier molecular flexibility index (Phi) is 6.92. The van der Waals surface area contributed by atoms with E-state index in [2.05, 4.69) is 70.3 Å². The lowest BCUT2D eigenvalue weighted by molar-refractivity contribution is 0.116. The van der Waals surface area contributed by atoms with Crippen molar-refractivity contribution in [2.24, 2.45) is 0 Å². The van der Waals surface area contributed by atoms with E-state index in [1.54, 1.807) is 0 Å². The van der Waals surface area contributed by atoms with Crippen LogP contribution < -0.4 is 10.1 Å². The van der Waals surface area contributed by atoms with Crippen LogP contribution in [0.2, 0.25) is 0 Å². The van der Waals surface area contributed by atoms with E-state index in [9.17, 15) is 0 Å². The Labute approximate surface area is 180 Å². The first kappa shape index (κ1) is 20.8. The average molecular weight is 407 g/mol. The number of fused-ring (bicyclic) bond motifs is 1. The molecule has 1 aromatic heterocycles. The number of anilines is 2.